The Morgan fingerprint density at radius 1 is 1.35 bits per heavy atom. The summed E-state index contributed by atoms with van der Waals surface area (Å²) in [4.78, 5) is 10.8. The van der Waals surface area contributed by atoms with Crippen LogP contribution in [-0.4, -0.2) is 16.6 Å². The Kier molecular flexibility index (Phi) is 4.19. The molecular weight excluding hydrogens is 260 g/mol. The van der Waals surface area contributed by atoms with Crippen LogP contribution in [0.2, 0.25) is 0 Å². The highest BCUT2D eigenvalue weighted by atomic mass is 16.6. The average molecular weight is 276 g/mol. The average Bonchev–Trinajstić information content (AvgIpc) is 2.82. The van der Waals surface area contributed by atoms with Gasteiger partial charge in [-0.25, -0.2) is 0 Å². The molecule has 20 heavy (non-hydrogen) atoms. The number of nitro benzene ring substituents is 1. The largest absolute Gasteiger partial charge is 0.380 e. The molecule has 0 amide bonds. The second kappa shape index (κ2) is 6.05. The first kappa shape index (κ1) is 13.9. The number of aromatic nitrogens is 1. The van der Waals surface area contributed by atoms with Gasteiger partial charge in [-0.3, -0.25) is 10.1 Å². The lowest BCUT2D eigenvalue weighted by Gasteiger charge is -2.09. The van der Waals surface area contributed by atoms with Crippen LogP contribution in [0.5, 0.6) is 0 Å². The summed E-state index contributed by atoms with van der Waals surface area (Å²) in [6.07, 6.45) is 0. The molecule has 0 radical (unpaired) electrons. The second-order valence-electron chi connectivity index (χ2n) is 4.28. The number of nitro groups is 1. The van der Waals surface area contributed by atoms with Crippen molar-refractivity contribution in [1.29, 1.82) is 0 Å². The Morgan fingerprint density at radius 3 is 2.60 bits per heavy atom. The van der Waals surface area contributed by atoms with Crippen molar-refractivity contribution in [2.45, 2.75) is 20.4 Å². The minimum atomic E-state index is -0.397. The van der Waals surface area contributed by atoms with Gasteiger partial charge in [0.2, 0.25) is 0 Å². The predicted octanol–water partition coefficient (Wildman–Crippen LogP) is 2.94. The maximum absolute atomic E-state index is 11.2. The van der Waals surface area contributed by atoms with Gasteiger partial charge in [0, 0.05) is 12.6 Å². The van der Waals surface area contributed by atoms with Crippen LogP contribution in [0.25, 0.3) is 0 Å². The predicted molar refractivity (Wildman–Crippen MR) is 75.8 cm³/mol. The van der Waals surface area contributed by atoms with E-state index in [1.165, 1.54) is 0 Å². The van der Waals surface area contributed by atoms with Gasteiger partial charge in [-0.15, -0.1) is 0 Å². The molecule has 2 N–H and O–H groups in total. The van der Waals surface area contributed by atoms with E-state index in [-0.39, 0.29) is 5.69 Å². The fraction of sp³-hybridized carbons (Fsp3) is 0.308. The van der Waals surface area contributed by atoms with Crippen molar-refractivity contribution < 1.29 is 9.45 Å². The van der Waals surface area contributed by atoms with E-state index in [1.807, 2.05) is 13.8 Å². The summed E-state index contributed by atoms with van der Waals surface area (Å²) in [5.41, 5.74) is 1.75. The molecule has 0 aliphatic rings. The van der Waals surface area contributed by atoms with Gasteiger partial charge in [0.25, 0.3) is 0 Å². The van der Waals surface area contributed by atoms with Gasteiger partial charge in [-0.05, 0) is 26.0 Å². The molecule has 1 aromatic heterocycles. The van der Waals surface area contributed by atoms with Crippen LogP contribution in [0.3, 0.4) is 0 Å². The molecule has 2 rings (SSSR count). The molecule has 0 aliphatic heterocycles. The summed E-state index contributed by atoms with van der Waals surface area (Å²) in [6.45, 7) is 4.67. The Hall–Kier alpha value is -2.57. The minimum absolute atomic E-state index is 0.0330. The van der Waals surface area contributed by atoms with E-state index in [1.54, 1.807) is 24.3 Å². The van der Waals surface area contributed by atoms with E-state index >= 15 is 0 Å². The van der Waals surface area contributed by atoms with E-state index in [9.17, 15) is 10.1 Å². The van der Waals surface area contributed by atoms with Crippen molar-refractivity contribution in [2.24, 2.45) is 0 Å². The fourth-order valence-corrected chi connectivity index (χ4v) is 1.90. The Balaban J connectivity index is 2.22. The standard InChI is InChI=1S/C13H16N4O3/c1-3-14-11-5-4-6-12(13(11)17(18)19)15-8-10-7-9(2)16-20-10/h4-7,14-15H,3,8H2,1-2H3. The zero-order valence-electron chi connectivity index (χ0n) is 11.3. The Labute approximate surface area is 116 Å². The van der Waals surface area contributed by atoms with Gasteiger partial charge in [0.1, 0.15) is 11.4 Å². The number of nitrogens with zero attached hydrogens (tertiary/aromatic N) is 2. The molecule has 2 aromatic rings. The molecule has 7 heteroatoms. The van der Waals surface area contributed by atoms with E-state index < -0.39 is 4.92 Å². The molecular formula is C13H16N4O3. The van der Waals surface area contributed by atoms with Gasteiger partial charge in [-0.1, -0.05) is 11.2 Å². The smallest absolute Gasteiger partial charge is 0.315 e. The maximum Gasteiger partial charge on any atom is 0.315 e. The van der Waals surface area contributed by atoms with Crippen LogP contribution in [-0.2, 0) is 6.54 Å². The Bertz CT molecular complexity index is 609. The van der Waals surface area contributed by atoms with Crippen molar-refractivity contribution in [2.75, 3.05) is 17.2 Å². The molecule has 0 saturated heterocycles. The monoisotopic (exact) mass is 276 g/mol. The van der Waals surface area contributed by atoms with Crippen LogP contribution in [0.15, 0.2) is 28.8 Å². The molecule has 0 bridgehead atoms. The molecule has 0 spiro atoms. The lowest BCUT2D eigenvalue weighted by atomic mass is 10.2. The third-order valence-corrected chi connectivity index (χ3v) is 2.72. The van der Waals surface area contributed by atoms with Crippen LogP contribution < -0.4 is 10.6 Å². The van der Waals surface area contributed by atoms with Gasteiger partial charge in [0.15, 0.2) is 5.76 Å². The SMILES string of the molecule is CCNc1cccc(NCc2cc(C)no2)c1[N+](=O)[O-]. The summed E-state index contributed by atoms with van der Waals surface area (Å²) in [5.74, 6) is 0.630. The number of benzene rings is 1. The number of anilines is 2. The third kappa shape index (κ3) is 3.05. The number of rotatable bonds is 6. The summed E-state index contributed by atoms with van der Waals surface area (Å²) in [5, 5.41) is 21.0. The van der Waals surface area contributed by atoms with E-state index in [0.29, 0.717) is 30.2 Å². The van der Waals surface area contributed by atoms with E-state index in [4.69, 9.17) is 4.52 Å². The maximum atomic E-state index is 11.2. The number of aryl methyl sites for hydroxylation is 1. The second-order valence-corrected chi connectivity index (χ2v) is 4.28. The molecule has 0 aliphatic carbocycles. The molecule has 7 nitrogen and oxygen atoms in total. The Morgan fingerprint density at radius 2 is 2.05 bits per heavy atom. The molecule has 0 saturated carbocycles. The quantitative estimate of drug-likeness (QED) is 0.622. The normalized spacial score (nSPS) is 10.3. The van der Waals surface area contributed by atoms with Gasteiger partial charge < -0.3 is 15.2 Å². The van der Waals surface area contributed by atoms with Crippen molar-refractivity contribution in [3.8, 4) is 0 Å². The number of hydrogen-bond acceptors (Lipinski definition) is 6. The molecule has 0 fully saturated rings. The number of hydrogen-bond donors (Lipinski definition) is 2. The highest BCUT2D eigenvalue weighted by Gasteiger charge is 2.19. The van der Waals surface area contributed by atoms with Gasteiger partial charge >= 0.3 is 5.69 Å². The molecule has 1 aromatic carbocycles. The third-order valence-electron chi connectivity index (χ3n) is 2.72. The van der Waals surface area contributed by atoms with Crippen molar-refractivity contribution >= 4 is 17.1 Å². The molecule has 106 valence electrons. The number of para-hydroxylation sites is 1. The van der Waals surface area contributed by atoms with Crippen molar-refractivity contribution in [3.05, 3.63) is 45.8 Å². The van der Waals surface area contributed by atoms with Crippen LogP contribution in [0.1, 0.15) is 18.4 Å². The lowest BCUT2D eigenvalue weighted by molar-refractivity contribution is -0.383. The highest BCUT2D eigenvalue weighted by Crippen LogP contribution is 2.32. The minimum Gasteiger partial charge on any atom is -0.380 e. The van der Waals surface area contributed by atoms with Gasteiger partial charge in [0.05, 0.1) is 17.2 Å². The van der Waals surface area contributed by atoms with Crippen molar-refractivity contribution in [3.63, 3.8) is 0 Å². The summed E-state index contributed by atoms with van der Waals surface area (Å²) in [7, 11) is 0. The van der Waals surface area contributed by atoms with E-state index in [2.05, 4.69) is 15.8 Å². The topological polar surface area (TPSA) is 93.2 Å². The van der Waals surface area contributed by atoms with Crippen LogP contribution in [0, 0.1) is 17.0 Å². The first-order valence-electron chi connectivity index (χ1n) is 6.29. The first-order chi connectivity index (χ1) is 9.61. The molecule has 0 unspecified atom stereocenters. The first-order valence-corrected chi connectivity index (χ1v) is 6.29. The fourth-order valence-electron chi connectivity index (χ4n) is 1.90. The van der Waals surface area contributed by atoms with Crippen LogP contribution >= 0.6 is 0 Å². The lowest BCUT2D eigenvalue weighted by Crippen LogP contribution is -2.06. The van der Waals surface area contributed by atoms with E-state index in [0.717, 1.165) is 5.69 Å². The summed E-state index contributed by atoms with van der Waals surface area (Å²) < 4.78 is 5.07. The number of nitrogens with one attached hydrogen (secondary N) is 2. The molecule has 1 heterocycles. The van der Waals surface area contributed by atoms with Crippen LogP contribution in [0.4, 0.5) is 17.1 Å². The van der Waals surface area contributed by atoms with Crippen molar-refractivity contribution in [1.82, 2.24) is 5.16 Å². The summed E-state index contributed by atoms with van der Waals surface area (Å²) >= 11 is 0. The zero-order valence-corrected chi connectivity index (χ0v) is 11.3. The zero-order chi connectivity index (χ0) is 14.5. The summed E-state index contributed by atoms with van der Waals surface area (Å²) in [6, 6.07) is 6.90. The molecule has 0 atom stereocenters. The van der Waals surface area contributed by atoms with Gasteiger partial charge in [-0.2, -0.15) is 0 Å². The highest BCUT2D eigenvalue weighted by molar-refractivity contribution is 5.76.